The van der Waals surface area contributed by atoms with Gasteiger partial charge >= 0.3 is 0 Å². The second-order valence-electron chi connectivity index (χ2n) is 5.22. The maximum atomic E-state index is 13.8. The number of anilines is 1. The minimum atomic E-state index is -0.736. The first kappa shape index (κ1) is 17.0. The molecule has 0 aliphatic heterocycles. The van der Waals surface area contributed by atoms with Crippen LogP contribution in [0.15, 0.2) is 53.9 Å². The fourth-order valence-electron chi connectivity index (χ4n) is 2.11. The lowest BCUT2D eigenvalue weighted by molar-refractivity contribution is -0.122. The Labute approximate surface area is 147 Å². The van der Waals surface area contributed by atoms with Crippen LogP contribution >= 0.6 is 11.3 Å². The Balaban J connectivity index is 1.68. The molecule has 1 amide bonds. The van der Waals surface area contributed by atoms with Gasteiger partial charge in [-0.2, -0.15) is 0 Å². The first-order chi connectivity index (χ1) is 12.0. The lowest BCUT2D eigenvalue weighted by Gasteiger charge is -2.13. The number of nitrogens with zero attached hydrogens (tertiary/aromatic N) is 1. The number of hydrogen-bond acceptors (Lipinski definition) is 4. The van der Waals surface area contributed by atoms with E-state index >= 15 is 0 Å². The molecule has 4 nitrogen and oxygen atoms in total. The van der Waals surface area contributed by atoms with Crippen LogP contribution in [0.4, 0.5) is 13.9 Å². The number of aromatic nitrogens is 1. The molecule has 0 saturated carbocycles. The van der Waals surface area contributed by atoms with Gasteiger partial charge in [0.1, 0.15) is 17.4 Å². The summed E-state index contributed by atoms with van der Waals surface area (Å²) in [5.41, 5.74) is 0.305. The van der Waals surface area contributed by atoms with Gasteiger partial charge in [-0.05, 0) is 37.3 Å². The number of para-hydroxylation sites is 1. The zero-order valence-corrected chi connectivity index (χ0v) is 14.0. The van der Waals surface area contributed by atoms with Crippen molar-refractivity contribution in [3.63, 3.8) is 0 Å². The Hall–Kier alpha value is -2.80. The molecule has 25 heavy (non-hydrogen) atoms. The standard InChI is InChI=1S/C18H14F2N2O2S/c1-11(24-13-5-3-2-4-6-13)17(23)22-18-21-16(10-25-18)14-9-12(19)7-8-15(14)20/h2-11H,1H3,(H,21,22,23)/t11-/m0/s1. The maximum absolute atomic E-state index is 13.8. The SMILES string of the molecule is C[C@H](Oc1ccccc1)C(=O)Nc1nc(-c2cc(F)ccc2F)cs1. The number of ether oxygens (including phenoxy) is 1. The van der Waals surface area contributed by atoms with E-state index < -0.39 is 17.7 Å². The monoisotopic (exact) mass is 360 g/mol. The largest absolute Gasteiger partial charge is 0.481 e. The van der Waals surface area contributed by atoms with Crippen molar-refractivity contribution in [2.45, 2.75) is 13.0 Å². The summed E-state index contributed by atoms with van der Waals surface area (Å²) in [6.45, 7) is 1.61. The Morgan fingerprint density at radius 2 is 1.96 bits per heavy atom. The maximum Gasteiger partial charge on any atom is 0.266 e. The Bertz CT molecular complexity index is 884. The van der Waals surface area contributed by atoms with Crippen LogP contribution in [-0.4, -0.2) is 17.0 Å². The zero-order chi connectivity index (χ0) is 17.8. The highest BCUT2D eigenvalue weighted by molar-refractivity contribution is 7.14. The first-order valence-corrected chi connectivity index (χ1v) is 8.34. The molecule has 0 aliphatic rings. The van der Waals surface area contributed by atoms with Crippen molar-refractivity contribution in [3.05, 3.63) is 65.5 Å². The summed E-state index contributed by atoms with van der Waals surface area (Å²) in [5.74, 6) is -0.943. The number of thiazole rings is 1. The lowest BCUT2D eigenvalue weighted by Crippen LogP contribution is -2.30. The van der Waals surface area contributed by atoms with Crippen molar-refractivity contribution < 1.29 is 18.3 Å². The summed E-state index contributed by atoms with van der Waals surface area (Å²) < 4.78 is 32.6. The predicted octanol–water partition coefficient (Wildman–Crippen LogP) is 4.49. The number of carbonyl (C=O) groups excluding carboxylic acids is 1. The fraction of sp³-hybridized carbons (Fsp3) is 0.111. The van der Waals surface area contributed by atoms with Crippen LogP contribution in [0.3, 0.4) is 0 Å². The highest BCUT2D eigenvalue weighted by Crippen LogP contribution is 2.27. The summed E-state index contributed by atoms with van der Waals surface area (Å²) in [6.07, 6.45) is -0.736. The Kier molecular flexibility index (Phi) is 5.04. The third-order valence-electron chi connectivity index (χ3n) is 3.36. The van der Waals surface area contributed by atoms with E-state index in [0.29, 0.717) is 5.75 Å². The van der Waals surface area contributed by atoms with Crippen molar-refractivity contribution >= 4 is 22.4 Å². The summed E-state index contributed by atoms with van der Waals surface area (Å²) >= 11 is 1.12. The number of benzene rings is 2. The van der Waals surface area contributed by atoms with E-state index in [1.807, 2.05) is 6.07 Å². The van der Waals surface area contributed by atoms with E-state index in [-0.39, 0.29) is 22.3 Å². The third kappa shape index (κ3) is 4.19. The topological polar surface area (TPSA) is 51.2 Å². The number of halogens is 2. The molecule has 1 heterocycles. The molecular formula is C18H14F2N2O2S. The molecule has 1 N–H and O–H groups in total. The molecule has 2 aromatic carbocycles. The van der Waals surface area contributed by atoms with E-state index in [1.165, 1.54) is 0 Å². The van der Waals surface area contributed by atoms with Crippen LogP contribution in [0.2, 0.25) is 0 Å². The highest BCUT2D eigenvalue weighted by atomic mass is 32.1. The van der Waals surface area contributed by atoms with Crippen molar-refractivity contribution in [2.24, 2.45) is 0 Å². The average Bonchev–Trinajstić information content (AvgIpc) is 3.06. The van der Waals surface area contributed by atoms with Gasteiger partial charge in [-0.1, -0.05) is 18.2 Å². The number of amides is 1. The Morgan fingerprint density at radius 1 is 1.20 bits per heavy atom. The van der Waals surface area contributed by atoms with Gasteiger partial charge in [0.15, 0.2) is 11.2 Å². The molecule has 0 unspecified atom stereocenters. The minimum Gasteiger partial charge on any atom is -0.481 e. The fourth-order valence-corrected chi connectivity index (χ4v) is 2.83. The molecule has 3 aromatic rings. The smallest absolute Gasteiger partial charge is 0.266 e. The van der Waals surface area contributed by atoms with E-state index in [4.69, 9.17) is 4.74 Å². The molecule has 0 radical (unpaired) electrons. The summed E-state index contributed by atoms with van der Waals surface area (Å²) in [5, 5.41) is 4.45. The summed E-state index contributed by atoms with van der Waals surface area (Å²) in [4.78, 5) is 16.3. The number of nitrogens with one attached hydrogen (secondary N) is 1. The first-order valence-electron chi connectivity index (χ1n) is 7.46. The van der Waals surface area contributed by atoms with Crippen LogP contribution < -0.4 is 10.1 Å². The van der Waals surface area contributed by atoms with Gasteiger partial charge in [0, 0.05) is 10.9 Å². The Morgan fingerprint density at radius 3 is 2.72 bits per heavy atom. The molecule has 0 spiro atoms. The molecule has 7 heteroatoms. The van der Waals surface area contributed by atoms with Crippen molar-refractivity contribution in [3.8, 4) is 17.0 Å². The van der Waals surface area contributed by atoms with E-state index in [2.05, 4.69) is 10.3 Å². The van der Waals surface area contributed by atoms with Gasteiger partial charge in [-0.25, -0.2) is 13.8 Å². The molecule has 0 saturated heterocycles. The molecule has 0 fully saturated rings. The van der Waals surface area contributed by atoms with Gasteiger partial charge in [-0.15, -0.1) is 11.3 Å². The number of rotatable bonds is 5. The molecule has 1 aromatic heterocycles. The van der Waals surface area contributed by atoms with Gasteiger partial charge in [0.05, 0.1) is 5.69 Å². The van der Waals surface area contributed by atoms with E-state index in [9.17, 15) is 13.6 Å². The van der Waals surface area contributed by atoms with Gasteiger partial charge in [0.2, 0.25) is 0 Å². The number of carbonyl (C=O) groups is 1. The van der Waals surface area contributed by atoms with E-state index in [1.54, 1.807) is 36.6 Å². The van der Waals surface area contributed by atoms with E-state index in [0.717, 1.165) is 29.5 Å². The van der Waals surface area contributed by atoms with Gasteiger partial charge in [-0.3, -0.25) is 10.1 Å². The van der Waals surface area contributed by atoms with Crippen LogP contribution in [0, 0.1) is 11.6 Å². The molecule has 0 aliphatic carbocycles. The van der Waals surface area contributed by atoms with Crippen molar-refractivity contribution in [1.82, 2.24) is 4.98 Å². The summed E-state index contributed by atoms with van der Waals surface area (Å²) in [6, 6.07) is 12.1. The van der Waals surface area contributed by atoms with Gasteiger partial charge < -0.3 is 4.74 Å². The molecule has 1 atom stereocenters. The average molecular weight is 360 g/mol. The third-order valence-corrected chi connectivity index (χ3v) is 4.12. The van der Waals surface area contributed by atoms with Gasteiger partial charge in [0.25, 0.3) is 5.91 Å². The molecule has 128 valence electrons. The van der Waals surface area contributed by atoms with Crippen molar-refractivity contribution in [2.75, 3.05) is 5.32 Å². The number of hydrogen-bond donors (Lipinski definition) is 1. The second-order valence-corrected chi connectivity index (χ2v) is 6.08. The van der Waals surface area contributed by atoms with Crippen LogP contribution in [-0.2, 0) is 4.79 Å². The van der Waals surface area contributed by atoms with Crippen LogP contribution in [0.1, 0.15) is 6.92 Å². The predicted molar refractivity (Wildman–Crippen MR) is 92.6 cm³/mol. The normalized spacial score (nSPS) is 11.8. The van der Waals surface area contributed by atoms with Crippen molar-refractivity contribution in [1.29, 1.82) is 0 Å². The van der Waals surface area contributed by atoms with Crippen LogP contribution in [0.25, 0.3) is 11.3 Å². The zero-order valence-electron chi connectivity index (χ0n) is 13.2. The molecule has 0 bridgehead atoms. The molecular weight excluding hydrogens is 346 g/mol. The quantitative estimate of drug-likeness (QED) is 0.729. The highest BCUT2D eigenvalue weighted by Gasteiger charge is 2.17. The molecule has 3 rings (SSSR count). The second kappa shape index (κ2) is 7.40. The summed E-state index contributed by atoms with van der Waals surface area (Å²) in [7, 11) is 0. The lowest BCUT2D eigenvalue weighted by atomic mass is 10.1. The van der Waals surface area contributed by atoms with Crippen LogP contribution in [0.5, 0.6) is 5.75 Å². The minimum absolute atomic E-state index is 0.0466.